The zero-order valence-corrected chi connectivity index (χ0v) is 26.8. The van der Waals surface area contributed by atoms with Crippen molar-refractivity contribution in [2.75, 3.05) is 23.7 Å². The summed E-state index contributed by atoms with van der Waals surface area (Å²) in [6.45, 7) is 8.71. The third-order valence-corrected chi connectivity index (χ3v) is 8.65. The number of aryl methyl sites for hydroxylation is 1. The molecule has 0 saturated carbocycles. The summed E-state index contributed by atoms with van der Waals surface area (Å²) in [5.41, 5.74) is 3.81. The standard InChI is InChI=1S/C31H32Cl2FN11/c1-31(2,3)44-9-7-21(8-10-44)45-17-27(40-42-45)30(26-16-43(4)41-39-26)38-20-11-22-28(37-19-5-6-25(34)23(32)12-19)18(14-35)15-36-29(22)24(33)13-20/h5-6,11-13,15-17,21,30,38H,7-10H2,1-4H3,(H,36,37). The van der Waals surface area contributed by atoms with Crippen molar-refractivity contribution < 1.29 is 4.39 Å². The minimum Gasteiger partial charge on any atom is -0.371 e. The van der Waals surface area contributed by atoms with E-state index < -0.39 is 11.9 Å². The molecule has 232 valence electrons. The van der Waals surface area contributed by atoms with Gasteiger partial charge < -0.3 is 10.6 Å². The van der Waals surface area contributed by atoms with Gasteiger partial charge in [0.2, 0.25) is 0 Å². The first-order chi connectivity index (χ1) is 21.5. The summed E-state index contributed by atoms with van der Waals surface area (Å²) >= 11 is 12.8. The molecule has 0 spiro atoms. The summed E-state index contributed by atoms with van der Waals surface area (Å²) in [5.74, 6) is -0.542. The minimum atomic E-state index is -0.542. The van der Waals surface area contributed by atoms with Crippen LogP contribution in [0, 0.1) is 17.1 Å². The van der Waals surface area contributed by atoms with E-state index in [-0.39, 0.29) is 22.2 Å². The number of hydrogen-bond acceptors (Lipinski definition) is 9. The maximum Gasteiger partial charge on any atom is 0.141 e. The number of pyridine rings is 1. The Labute approximate surface area is 269 Å². The van der Waals surface area contributed by atoms with Gasteiger partial charge >= 0.3 is 0 Å². The van der Waals surface area contributed by atoms with Crippen molar-refractivity contribution in [2.24, 2.45) is 7.05 Å². The predicted molar refractivity (Wildman–Crippen MR) is 172 cm³/mol. The lowest BCUT2D eigenvalue weighted by molar-refractivity contribution is 0.0866. The van der Waals surface area contributed by atoms with Gasteiger partial charge in [-0.25, -0.2) is 9.07 Å². The van der Waals surface area contributed by atoms with Crippen LogP contribution in [0.25, 0.3) is 10.9 Å². The van der Waals surface area contributed by atoms with Crippen LogP contribution in [0.4, 0.5) is 21.5 Å². The summed E-state index contributed by atoms with van der Waals surface area (Å²) < 4.78 is 17.4. The highest BCUT2D eigenvalue weighted by Gasteiger charge is 2.29. The van der Waals surface area contributed by atoms with Crippen LogP contribution in [-0.2, 0) is 7.05 Å². The molecular weight excluding hydrogens is 616 g/mol. The Hall–Kier alpha value is -4.31. The van der Waals surface area contributed by atoms with Crippen molar-refractivity contribution in [3.8, 4) is 6.07 Å². The van der Waals surface area contributed by atoms with Crippen LogP contribution >= 0.6 is 23.2 Å². The molecule has 1 aliphatic heterocycles. The Morgan fingerprint density at radius 3 is 2.38 bits per heavy atom. The third-order valence-electron chi connectivity index (χ3n) is 8.07. The smallest absolute Gasteiger partial charge is 0.141 e. The highest BCUT2D eigenvalue weighted by molar-refractivity contribution is 6.36. The lowest BCUT2D eigenvalue weighted by Gasteiger charge is -2.40. The van der Waals surface area contributed by atoms with Crippen molar-refractivity contribution in [1.82, 2.24) is 39.9 Å². The number of halogens is 3. The number of rotatable bonds is 7. The van der Waals surface area contributed by atoms with Gasteiger partial charge in [-0.2, -0.15) is 5.26 Å². The molecule has 1 unspecified atom stereocenters. The van der Waals surface area contributed by atoms with Gasteiger partial charge in [-0.05, 0) is 63.9 Å². The van der Waals surface area contributed by atoms with E-state index in [9.17, 15) is 9.65 Å². The zero-order valence-electron chi connectivity index (χ0n) is 25.3. The number of fused-ring (bicyclic) bond motifs is 1. The first kappa shape index (κ1) is 30.7. The predicted octanol–water partition coefficient (Wildman–Crippen LogP) is 6.65. The fourth-order valence-electron chi connectivity index (χ4n) is 5.65. The molecule has 2 aromatic carbocycles. The number of aromatic nitrogens is 7. The van der Waals surface area contributed by atoms with Gasteiger partial charge in [0.05, 0.1) is 45.2 Å². The molecule has 1 atom stereocenters. The average molecular weight is 649 g/mol. The molecule has 11 nitrogen and oxygen atoms in total. The fraction of sp³-hybridized carbons (Fsp3) is 0.355. The van der Waals surface area contributed by atoms with E-state index in [4.69, 9.17) is 23.2 Å². The SMILES string of the molecule is Cn1cc(C(Nc2cc(Cl)c3ncc(C#N)c(Nc4ccc(F)c(Cl)c4)c3c2)c2cn(C3CCN(C(C)(C)C)CC3)nn2)nn1. The summed E-state index contributed by atoms with van der Waals surface area (Å²) in [4.78, 5) is 6.93. The van der Waals surface area contributed by atoms with Gasteiger partial charge in [0.25, 0.3) is 0 Å². The molecular formula is C31H32Cl2FN11. The number of piperidine rings is 1. The Balaban J connectivity index is 1.35. The second-order valence-electron chi connectivity index (χ2n) is 12.2. The number of nitrogens with zero attached hydrogens (tertiary/aromatic N) is 9. The fourth-order valence-corrected chi connectivity index (χ4v) is 6.10. The first-order valence-corrected chi connectivity index (χ1v) is 15.3. The lowest BCUT2D eigenvalue weighted by Crippen LogP contribution is -2.46. The Bertz CT molecular complexity index is 1900. The summed E-state index contributed by atoms with van der Waals surface area (Å²) in [7, 11) is 1.80. The Morgan fingerprint density at radius 1 is 1.00 bits per heavy atom. The Kier molecular flexibility index (Phi) is 8.35. The largest absolute Gasteiger partial charge is 0.371 e. The second-order valence-corrected chi connectivity index (χ2v) is 13.0. The molecule has 6 rings (SSSR count). The van der Waals surface area contributed by atoms with Gasteiger partial charge in [0.1, 0.15) is 29.3 Å². The van der Waals surface area contributed by atoms with E-state index in [1.807, 2.05) is 23.1 Å². The van der Waals surface area contributed by atoms with E-state index in [0.29, 0.717) is 44.4 Å². The quantitative estimate of drug-likeness (QED) is 0.200. The Morgan fingerprint density at radius 2 is 1.71 bits per heavy atom. The zero-order chi connectivity index (χ0) is 31.9. The van der Waals surface area contributed by atoms with E-state index in [0.717, 1.165) is 25.9 Å². The van der Waals surface area contributed by atoms with Crippen molar-refractivity contribution in [3.63, 3.8) is 0 Å². The molecule has 0 amide bonds. The summed E-state index contributed by atoms with van der Waals surface area (Å²) in [6.07, 6.45) is 7.19. The van der Waals surface area contributed by atoms with Crippen LogP contribution in [0.5, 0.6) is 0 Å². The molecule has 0 aliphatic carbocycles. The lowest BCUT2D eigenvalue weighted by atomic mass is 9.98. The summed E-state index contributed by atoms with van der Waals surface area (Å²) in [5, 5.41) is 35.1. The van der Waals surface area contributed by atoms with Crippen molar-refractivity contribution in [2.45, 2.75) is 51.2 Å². The van der Waals surface area contributed by atoms with Crippen molar-refractivity contribution in [1.29, 1.82) is 5.26 Å². The van der Waals surface area contributed by atoms with E-state index in [1.54, 1.807) is 23.9 Å². The second kappa shape index (κ2) is 12.2. The third kappa shape index (κ3) is 6.42. The molecule has 2 N–H and O–H groups in total. The molecule has 14 heteroatoms. The minimum absolute atomic E-state index is 0.0446. The number of anilines is 3. The maximum absolute atomic E-state index is 13.8. The van der Waals surface area contributed by atoms with E-state index >= 15 is 0 Å². The van der Waals surface area contributed by atoms with Crippen LogP contribution in [0.3, 0.4) is 0 Å². The molecule has 3 aromatic heterocycles. The monoisotopic (exact) mass is 647 g/mol. The number of hydrogen-bond donors (Lipinski definition) is 2. The molecule has 1 fully saturated rings. The van der Waals surface area contributed by atoms with Gasteiger partial charge in [-0.15, -0.1) is 10.2 Å². The van der Waals surface area contributed by atoms with Gasteiger partial charge in [-0.1, -0.05) is 33.6 Å². The molecule has 0 radical (unpaired) electrons. The van der Waals surface area contributed by atoms with Crippen molar-refractivity contribution >= 4 is 51.2 Å². The summed E-state index contributed by atoms with van der Waals surface area (Å²) in [6, 6.07) is 9.77. The number of benzene rings is 2. The molecule has 0 bridgehead atoms. The van der Waals surface area contributed by atoms with Gasteiger partial charge in [-0.3, -0.25) is 14.6 Å². The number of nitriles is 1. The van der Waals surface area contributed by atoms with Crippen LogP contribution in [0.15, 0.2) is 48.9 Å². The normalized spacial score (nSPS) is 15.2. The van der Waals surface area contributed by atoms with E-state index in [2.05, 4.69) is 68.0 Å². The molecule has 1 aliphatic rings. The van der Waals surface area contributed by atoms with Crippen LogP contribution in [0.1, 0.15) is 62.6 Å². The topological polar surface area (TPSA) is 125 Å². The molecule has 5 aromatic rings. The average Bonchev–Trinajstić information content (AvgIpc) is 3.67. The van der Waals surface area contributed by atoms with Crippen molar-refractivity contribution in [3.05, 3.63) is 81.7 Å². The maximum atomic E-state index is 13.8. The highest BCUT2D eigenvalue weighted by atomic mass is 35.5. The number of nitrogens with one attached hydrogen (secondary N) is 2. The molecule has 45 heavy (non-hydrogen) atoms. The van der Waals surface area contributed by atoms with Crippen LogP contribution in [0.2, 0.25) is 10.0 Å². The van der Waals surface area contributed by atoms with E-state index in [1.165, 1.54) is 18.3 Å². The highest BCUT2D eigenvalue weighted by Crippen LogP contribution is 2.37. The molecule has 1 saturated heterocycles. The van der Waals surface area contributed by atoms with Crippen LogP contribution < -0.4 is 10.6 Å². The number of likely N-dealkylation sites (tertiary alicyclic amines) is 1. The first-order valence-electron chi connectivity index (χ1n) is 14.5. The van der Waals surface area contributed by atoms with Gasteiger partial charge in [0, 0.05) is 48.6 Å². The van der Waals surface area contributed by atoms with Gasteiger partial charge in [0.15, 0.2) is 0 Å². The van der Waals surface area contributed by atoms with Crippen LogP contribution in [-0.4, -0.2) is 58.5 Å². The molecule has 4 heterocycles.